The molecule has 6 nitrogen and oxygen atoms in total. The number of nitrogens with one attached hydrogen (secondary N) is 1. The predicted molar refractivity (Wildman–Crippen MR) is 97.4 cm³/mol. The van der Waals surface area contributed by atoms with Gasteiger partial charge < -0.3 is 9.84 Å². The molecular formula is C17H18N4O2S. The van der Waals surface area contributed by atoms with E-state index in [1.807, 2.05) is 13.8 Å². The van der Waals surface area contributed by atoms with Crippen LogP contribution in [0.3, 0.4) is 0 Å². The van der Waals surface area contributed by atoms with Crippen LogP contribution in [-0.2, 0) is 0 Å². The van der Waals surface area contributed by atoms with E-state index < -0.39 is 0 Å². The van der Waals surface area contributed by atoms with Gasteiger partial charge in [0.05, 0.1) is 18.2 Å². The molecule has 0 aliphatic carbocycles. The molecule has 0 fully saturated rings. The number of aryl methyl sites for hydroxylation is 2. The zero-order chi connectivity index (χ0) is 17.3. The van der Waals surface area contributed by atoms with E-state index in [1.165, 1.54) is 11.2 Å². The standard InChI is InChI=1S/C17H18N4O2S/c1-9-11(3)24-17-15(9)16(18-8-19-17)21-20-10(2)13-7-12(23-4)5-6-14(13)22/h5-8,22H,1-4H3,(H,18,19,21)/b20-10+. The molecule has 1 aromatic carbocycles. The van der Waals surface area contributed by atoms with Gasteiger partial charge in [-0.15, -0.1) is 11.3 Å². The summed E-state index contributed by atoms with van der Waals surface area (Å²) in [5, 5.41) is 15.4. The van der Waals surface area contributed by atoms with Crippen LogP contribution in [0.15, 0.2) is 29.6 Å². The Labute approximate surface area is 143 Å². The Bertz CT molecular complexity index is 934. The summed E-state index contributed by atoms with van der Waals surface area (Å²) in [6, 6.07) is 5.03. The summed E-state index contributed by atoms with van der Waals surface area (Å²) in [7, 11) is 1.58. The highest BCUT2D eigenvalue weighted by Crippen LogP contribution is 2.32. The van der Waals surface area contributed by atoms with Crippen LogP contribution in [0.5, 0.6) is 11.5 Å². The molecule has 0 bridgehead atoms. The van der Waals surface area contributed by atoms with Crippen molar-refractivity contribution in [3.05, 3.63) is 40.5 Å². The molecule has 0 radical (unpaired) electrons. The lowest BCUT2D eigenvalue weighted by Gasteiger charge is -2.08. The zero-order valence-electron chi connectivity index (χ0n) is 13.9. The fourth-order valence-electron chi connectivity index (χ4n) is 2.40. The minimum Gasteiger partial charge on any atom is -0.507 e. The zero-order valence-corrected chi connectivity index (χ0v) is 14.7. The largest absolute Gasteiger partial charge is 0.507 e. The number of phenols is 1. The van der Waals surface area contributed by atoms with Crippen molar-refractivity contribution in [3.8, 4) is 11.5 Å². The Balaban J connectivity index is 1.96. The van der Waals surface area contributed by atoms with Gasteiger partial charge in [0, 0.05) is 10.4 Å². The lowest BCUT2D eigenvalue weighted by atomic mass is 10.1. The molecule has 24 heavy (non-hydrogen) atoms. The molecule has 0 saturated heterocycles. The topological polar surface area (TPSA) is 79.6 Å². The van der Waals surface area contributed by atoms with Crippen molar-refractivity contribution < 1.29 is 9.84 Å². The molecule has 3 rings (SSSR count). The summed E-state index contributed by atoms with van der Waals surface area (Å²) in [6.45, 7) is 5.92. The molecule has 2 heterocycles. The minimum absolute atomic E-state index is 0.147. The molecule has 0 spiro atoms. The predicted octanol–water partition coefficient (Wildman–Crippen LogP) is 3.86. The molecule has 7 heteroatoms. The van der Waals surface area contributed by atoms with Gasteiger partial charge in [-0.05, 0) is 44.5 Å². The van der Waals surface area contributed by atoms with Crippen molar-refractivity contribution in [2.45, 2.75) is 20.8 Å². The van der Waals surface area contributed by atoms with Crippen LogP contribution >= 0.6 is 11.3 Å². The first-order chi connectivity index (χ1) is 11.5. The number of aromatic hydroxyl groups is 1. The first-order valence-corrected chi connectivity index (χ1v) is 8.21. The van der Waals surface area contributed by atoms with E-state index in [9.17, 15) is 5.11 Å². The third-order valence-corrected chi connectivity index (χ3v) is 5.00. The monoisotopic (exact) mass is 342 g/mol. The molecule has 0 unspecified atom stereocenters. The van der Waals surface area contributed by atoms with Crippen molar-refractivity contribution in [2.75, 3.05) is 12.5 Å². The first kappa shape index (κ1) is 16.2. The van der Waals surface area contributed by atoms with Crippen LogP contribution in [0.25, 0.3) is 10.2 Å². The van der Waals surface area contributed by atoms with Gasteiger partial charge in [0.2, 0.25) is 0 Å². The highest BCUT2D eigenvalue weighted by molar-refractivity contribution is 7.18. The smallest absolute Gasteiger partial charge is 0.158 e. The lowest BCUT2D eigenvalue weighted by Crippen LogP contribution is -2.02. The number of hydrazone groups is 1. The fraction of sp³-hybridized carbons (Fsp3) is 0.235. The maximum atomic E-state index is 10.0. The third kappa shape index (κ3) is 2.90. The Morgan fingerprint density at radius 3 is 2.83 bits per heavy atom. The van der Waals surface area contributed by atoms with Crippen molar-refractivity contribution >= 4 is 33.1 Å². The van der Waals surface area contributed by atoms with E-state index in [0.29, 0.717) is 22.8 Å². The van der Waals surface area contributed by atoms with Gasteiger partial charge in [0.25, 0.3) is 0 Å². The maximum Gasteiger partial charge on any atom is 0.158 e. The quantitative estimate of drug-likeness (QED) is 0.556. The second-order valence-corrected chi connectivity index (χ2v) is 6.58. The van der Waals surface area contributed by atoms with Crippen molar-refractivity contribution in [1.82, 2.24) is 9.97 Å². The third-order valence-electron chi connectivity index (χ3n) is 3.89. The van der Waals surface area contributed by atoms with E-state index >= 15 is 0 Å². The van der Waals surface area contributed by atoms with Crippen molar-refractivity contribution in [1.29, 1.82) is 0 Å². The average Bonchev–Trinajstić information content (AvgIpc) is 2.88. The van der Waals surface area contributed by atoms with Gasteiger partial charge in [-0.2, -0.15) is 5.10 Å². The number of hydrogen-bond acceptors (Lipinski definition) is 7. The second-order valence-electron chi connectivity index (χ2n) is 5.38. The Morgan fingerprint density at radius 1 is 1.29 bits per heavy atom. The highest BCUT2D eigenvalue weighted by atomic mass is 32.1. The number of rotatable bonds is 4. The molecule has 0 aliphatic heterocycles. The number of ether oxygens (including phenoxy) is 1. The molecule has 0 saturated carbocycles. The van der Waals surface area contributed by atoms with Gasteiger partial charge in [0.1, 0.15) is 22.7 Å². The minimum atomic E-state index is 0.147. The van der Waals surface area contributed by atoms with Crippen LogP contribution in [-0.4, -0.2) is 27.9 Å². The summed E-state index contributed by atoms with van der Waals surface area (Å²) in [5.74, 6) is 1.46. The van der Waals surface area contributed by atoms with Gasteiger partial charge in [-0.3, -0.25) is 5.43 Å². The molecule has 0 amide bonds. The summed E-state index contributed by atoms with van der Waals surface area (Å²) in [6.07, 6.45) is 1.52. The van der Waals surface area contributed by atoms with E-state index in [2.05, 4.69) is 27.4 Å². The van der Waals surface area contributed by atoms with Crippen LogP contribution < -0.4 is 10.2 Å². The molecular weight excluding hydrogens is 324 g/mol. The number of methoxy groups -OCH3 is 1. The summed E-state index contributed by atoms with van der Waals surface area (Å²) in [4.78, 5) is 10.7. The number of anilines is 1. The summed E-state index contributed by atoms with van der Waals surface area (Å²) in [5.41, 5.74) is 5.37. The molecule has 0 atom stereocenters. The Kier molecular flexibility index (Phi) is 4.35. The number of hydrogen-bond donors (Lipinski definition) is 2. The highest BCUT2D eigenvalue weighted by Gasteiger charge is 2.12. The van der Waals surface area contributed by atoms with E-state index in [4.69, 9.17) is 4.74 Å². The second kappa shape index (κ2) is 6.45. The van der Waals surface area contributed by atoms with Gasteiger partial charge in [-0.25, -0.2) is 9.97 Å². The van der Waals surface area contributed by atoms with Gasteiger partial charge >= 0.3 is 0 Å². The van der Waals surface area contributed by atoms with Crippen molar-refractivity contribution in [2.24, 2.45) is 5.10 Å². The maximum absolute atomic E-state index is 10.0. The molecule has 124 valence electrons. The van der Waals surface area contributed by atoms with Crippen LogP contribution in [0.2, 0.25) is 0 Å². The number of thiophene rings is 1. The molecule has 0 aliphatic rings. The number of aromatic nitrogens is 2. The van der Waals surface area contributed by atoms with E-state index in [0.717, 1.165) is 15.8 Å². The lowest BCUT2D eigenvalue weighted by molar-refractivity contribution is 0.412. The van der Waals surface area contributed by atoms with Gasteiger partial charge in [-0.1, -0.05) is 0 Å². The number of phenolic OH excluding ortho intramolecular Hbond substituents is 1. The number of nitrogens with zero attached hydrogens (tertiary/aromatic N) is 3. The van der Waals surface area contributed by atoms with Gasteiger partial charge in [0.15, 0.2) is 5.82 Å². The summed E-state index contributed by atoms with van der Waals surface area (Å²) < 4.78 is 5.19. The van der Waals surface area contributed by atoms with Crippen LogP contribution in [0.4, 0.5) is 5.82 Å². The number of fused-ring (bicyclic) bond motifs is 1. The Morgan fingerprint density at radius 2 is 2.08 bits per heavy atom. The molecule has 2 aromatic heterocycles. The van der Waals surface area contributed by atoms with Crippen LogP contribution in [0.1, 0.15) is 22.9 Å². The van der Waals surface area contributed by atoms with E-state index in [1.54, 1.807) is 36.6 Å². The van der Waals surface area contributed by atoms with Crippen LogP contribution in [0, 0.1) is 13.8 Å². The summed E-state index contributed by atoms with van der Waals surface area (Å²) >= 11 is 1.63. The Hall–Kier alpha value is -2.67. The first-order valence-electron chi connectivity index (χ1n) is 7.39. The fourth-order valence-corrected chi connectivity index (χ4v) is 3.39. The number of benzene rings is 1. The van der Waals surface area contributed by atoms with E-state index in [-0.39, 0.29) is 5.75 Å². The normalized spacial score (nSPS) is 11.8. The molecule has 3 aromatic rings. The SMILES string of the molecule is COc1ccc(O)c(/C(C)=N/Nc2ncnc3sc(C)c(C)c23)c1. The van der Waals surface area contributed by atoms with Crippen molar-refractivity contribution in [3.63, 3.8) is 0 Å². The average molecular weight is 342 g/mol. The molecule has 2 N–H and O–H groups in total.